The number of carbonyl (C=O) groups excluding carboxylic acids is 1. The van der Waals surface area contributed by atoms with Gasteiger partial charge in [-0.3, -0.25) is 4.79 Å². The van der Waals surface area contributed by atoms with Crippen molar-refractivity contribution in [1.29, 1.82) is 0 Å². The predicted molar refractivity (Wildman–Crippen MR) is 107 cm³/mol. The summed E-state index contributed by atoms with van der Waals surface area (Å²) in [7, 11) is 3.84. The lowest BCUT2D eigenvalue weighted by molar-refractivity contribution is 0.0911. The van der Waals surface area contributed by atoms with Crippen molar-refractivity contribution < 1.29 is 9.32 Å². The Bertz CT molecular complexity index is 960. The van der Waals surface area contributed by atoms with Crippen LogP contribution in [-0.2, 0) is 12.1 Å². The topological polar surface area (TPSA) is 84.2 Å². The van der Waals surface area contributed by atoms with Crippen LogP contribution in [0.15, 0.2) is 16.7 Å². The molecule has 1 N–H and O–H groups in total. The Balaban J connectivity index is 1.78. The second-order valence-electron chi connectivity index (χ2n) is 6.87. The summed E-state index contributed by atoms with van der Waals surface area (Å²) in [6.45, 7) is 6.04. The highest BCUT2D eigenvalue weighted by atomic mass is 35.5. The molecule has 144 valence electrons. The van der Waals surface area contributed by atoms with E-state index in [0.717, 1.165) is 9.88 Å². The molecule has 0 spiro atoms. The first-order valence-corrected chi connectivity index (χ1v) is 10.2. The Labute approximate surface area is 170 Å². The van der Waals surface area contributed by atoms with Gasteiger partial charge in [0.15, 0.2) is 5.82 Å². The molecule has 0 fully saturated rings. The second kappa shape index (κ2) is 7.67. The van der Waals surface area contributed by atoms with Crippen molar-refractivity contribution in [2.24, 2.45) is 0 Å². The molecule has 10 heteroatoms. The number of hydrogen-bond donors (Lipinski definition) is 1. The molecule has 0 aromatic carbocycles. The number of nitrogens with one attached hydrogen (secondary N) is 1. The summed E-state index contributed by atoms with van der Waals surface area (Å²) in [4.78, 5) is 25.2. The number of amides is 1. The van der Waals surface area contributed by atoms with Crippen LogP contribution in [0.3, 0.4) is 0 Å². The Hall–Kier alpha value is -1.81. The van der Waals surface area contributed by atoms with Gasteiger partial charge in [0.05, 0.1) is 27.0 Å². The number of thiophene rings is 1. The predicted octanol–water partition coefficient (Wildman–Crippen LogP) is 3.94. The van der Waals surface area contributed by atoms with E-state index in [1.165, 1.54) is 22.7 Å². The van der Waals surface area contributed by atoms with Gasteiger partial charge in [-0.25, -0.2) is 4.98 Å². The van der Waals surface area contributed by atoms with Crippen molar-refractivity contribution in [2.75, 3.05) is 14.1 Å². The zero-order valence-corrected chi connectivity index (χ0v) is 18.1. The van der Waals surface area contributed by atoms with Gasteiger partial charge >= 0.3 is 0 Å². The lowest BCUT2D eigenvalue weighted by Crippen LogP contribution is -2.41. The summed E-state index contributed by atoms with van der Waals surface area (Å²) in [6.07, 6.45) is 0. The fourth-order valence-electron chi connectivity index (χ4n) is 2.38. The SMILES string of the molecule is Cc1nc(-c2ccc(Cl)s2)sc1C(=O)NC(C)(C)c1noc(CN(C)C)n1. The van der Waals surface area contributed by atoms with Crippen molar-refractivity contribution in [1.82, 2.24) is 25.3 Å². The highest BCUT2D eigenvalue weighted by Crippen LogP contribution is 2.35. The van der Waals surface area contributed by atoms with Crippen LogP contribution in [0.25, 0.3) is 9.88 Å². The van der Waals surface area contributed by atoms with E-state index >= 15 is 0 Å². The number of aryl methyl sites for hydroxylation is 1. The zero-order valence-electron chi connectivity index (χ0n) is 15.7. The number of hydrogen-bond acceptors (Lipinski definition) is 8. The van der Waals surface area contributed by atoms with Gasteiger partial charge in [-0.1, -0.05) is 16.8 Å². The third-order valence-electron chi connectivity index (χ3n) is 3.69. The van der Waals surface area contributed by atoms with E-state index in [0.29, 0.717) is 33.2 Å². The molecule has 0 saturated heterocycles. The molecule has 3 aromatic heterocycles. The van der Waals surface area contributed by atoms with Gasteiger partial charge in [0.25, 0.3) is 5.91 Å². The standard InChI is InChI=1S/C17H20ClN5O2S2/c1-9-13(27-15(19-9)10-6-7-11(18)26-10)14(24)21-17(2,3)16-20-12(25-22-16)8-23(4)5/h6-7H,8H2,1-5H3,(H,21,24). The van der Waals surface area contributed by atoms with Crippen LogP contribution in [0.2, 0.25) is 4.34 Å². The van der Waals surface area contributed by atoms with E-state index < -0.39 is 5.54 Å². The summed E-state index contributed by atoms with van der Waals surface area (Å²) in [5.74, 6) is 0.714. The largest absolute Gasteiger partial charge is 0.339 e. The Morgan fingerprint density at radius 2 is 2.04 bits per heavy atom. The van der Waals surface area contributed by atoms with E-state index in [-0.39, 0.29) is 5.91 Å². The van der Waals surface area contributed by atoms with Crippen LogP contribution in [0.1, 0.15) is 40.9 Å². The monoisotopic (exact) mass is 425 g/mol. The third-order valence-corrected chi connectivity index (χ3v) is 6.25. The molecule has 0 bridgehead atoms. The van der Waals surface area contributed by atoms with Crippen LogP contribution in [0, 0.1) is 6.92 Å². The second-order valence-corrected chi connectivity index (χ2v) is 9.58. The molecule has 0 aliphatic rings. The number of thiazole rings is 1. The smallest absolute Gasteiger partial charge is 0.264 e. The molecular formula is C17H20ClN5O2S2. The third kappa shape index (κ3) is 4.55. The number of rotatable bonds is 6. The lowest BCUT2D eigenvalue weighted by atomic mass is 10.0. The molecule has 1 amide bonds. The Kier molecular flexibility index (Phi) is 5.66. The fourth-order valence-corrected chi connectivity index (χ4v) is 4.44. The first kappa shape index (κ1) is 19.9. The summed E-state index contributed by atoms with van der Waals surface area (Å²) in [6, 6.07) is 3.73. The number of carbonyl (C=O) groups is 1. The summed E-state index contributed by atoms with van der Waals surface area (Å²) >= 11 is 8.78. The molecule has 0 atom stereocenters. The average molecular weight is 426 g/mol. The van der Waals surface area contributed by atoms with Gasteiger partial charge < -0.3 is 14.7 Å². The highest BCUT2D eigenvalue weighted by Gasteiger charge is 2.30. The molecule has 27 heavy (non-hydrogen) atoms. The molecule has 0 aliphatic heterocycles. The normalized spacial score (nSPS) is 12.0. The van der Waals surface area contributed by atoms with E-state index in [2.05, 4.69) is 20.4 Å². The van der Waals surface area contributed by atoms with Gasteiger partial charge in [0, 0.05) is 0 Å². The quantitative estimate of drug-likeness (QED) is 0.643. The molecule has 0 unspecified atom stereocenters. The maximum Gasteiger partial charge on any atom is 0.264 e. The van der Waals surface area contributed by atoms with Crippen LogP contribution in [-0.4, -0.2) is 40.0 Å². The van der Waals surface area contributed by atoms with Crippen LogP contribution >= 0.6 is 34.3 Å². The van der Waals surface area contributed by atoms with Crippen molar-refractivity contribution in [3.05, 3.63) is 38.8 Å². The lowest BCUT2D eigenvalue weighted by Gasteiger charge is -2.22. The van der Waals surface area contributed by atoms with Gasteiger partial charge in [-0.05, 0) is 47.0 Å². The van der Waals surface area contributed by atoms with Crippen molar-refractivity contribution >= 4 is 40.2 Å². The number of nitrogens with zero attached hydrogens (tertiary/aromatic N) is 4. The van der Waals surface area contributed by atoms with Crippen LogP contribution < -0.4 is 5.32 Å². The average Bonchev–Trinajstić information content (AvgIpc) is 3.26. The van der Waals surface area contributed by atoms with E-state index in [4.69, 9.17) is 16.1 Å². The number of aromatic nitrogens is 3. The van der Waals surface area contributed by atoms with Gasteiger partial charge in [-0.2, -0.15) is 4.98 Å². The Morgan fingerprint density at radius 1 is 1.30 bits per heavy atom. The summed E-state index contributed by atoms with van der Waals surface area (Å²) < 4.78 is 5.95. The molecule has 0 radical (unpaired) electrons. The van der Waals surface area contributed by atoms with E-state index in [1.54, 1.807) is 0 Å². The fraction of sp³-hybridized carbons (Fsp3) is 0.412. The van der Waals surface area contributed by atoms with Crippen molar-refractivity contribution in [3.63, 3.8) is 0 Å². The number of halogens is 1. The maximum absolute atomic E-state index is 12.8. The summed E-state index contributed by atoms with van der Waals surface area (Å²) in [5, 5.41) is 7.77. The highest BCUT2D eigenvalue weighted by molar-refractivity contribution is 7.24. The molecule has 3 aromatic rings. The molecule has 0 saturated carbocycles. The first-order chi connectivity index (χ1) is 12.7. The molecule has 7 nitrogen and oxygen atoms in total. The zero-order chi connectivity index (χ0) is 19.8. The van der Waals surface area contributed by atoms with E-state index in [1.807, 2.05) is 51.9 Å². The van der Waals surface area contributed by atoms with Gasteiger partial charge in [0.2, 0.25) is 5.89 Å². The van der Waals surface area contributed by atoms with Crippen LogP contribution in [0.4, 0.5) is 0 Å². The van der Waals surface area contributed by atoms with Gasteiger partial charge in [0.1, 0.15) is 9.88 Å². The minimum absolute atomic E-state index is 0.220. The van der Waals surface area contributed by atoms with Crippen molar-refractivity contribution in [3.8, 4) is 9.88 Å². The molecule has 3 heterocycles. The van der Waals surface area contributed by atoms with Crippen LogP contribution in [0.5, 0.6) is 0 Å². The maximum atomic E-state index is 12.8. The molecule has 3 rings (SSSR count). The Morgan fingerprint density at radius 3 is 2.67 bits per heavy atom. The molecule has 0 aliphatic carbocycles. The first-order valence-electron chi connectivity index (χ1n) is 8.19. The molecular weight excluding hydrogens is 406 g/mol. The minimum atomic E-state index is -0.784. The van der Waals surface area contributed by atoms with E-state index in [9.17, 15) is 4.79 Å². The van der Waals surface area contributed by atoms with Crippen molar-refractivity contribution in [2.45, 2.75) is 32.9 Å². The van der Waals surface area contributed by atoms with Gasteiger partial charge in [-0.15, -0.1) is 22.7 Å². The minimum Gasteiger partial charge on any atom is -0.339 e. The summed E-state index contributed by atoms with van der Waals surface area (Å²) in [5.41, 5.74) is -0.109.